The van der Waals surface area contributed by atoms with Crippen LogP contribution in [0.15, 0.2) is 60.7 Å². The first-order valence-electron chi connectivity index (χ1n) is 7.66. The van der Waals surface area contributed by atoms with Crippen LogP contribution in [0.1, 0.15) is 15.9 Å². The van der Waals surface area contributed by atoms with Crippen molar-refractivity contribution in [2.45, 2.75) is 0 Å². The zero-order valence-electron chi connectivity index (χ0n) is 12.5. The third-order valence-corrected chi connectivity index (χ3v) is 3.86. The summed E-state index contributed by atoms with van der Waals surface area (Å²) in [7, 11) is 0. The van der Waals surface area contributed by atoms with Crippen LogP contribution in [0, 0.1) is 0 Å². The second-order valence-electron chi connectivity index (χ2n) is 5.39. The monoisotopic (exact) mass is 292 g/mol. The number of nitrogens with zero attached hydrogens (tertiary/aromatic N) is 1. The minimum atomic E-state index is 0.0377. The summed E-state index contributed by atoms with van der Waals surface area (Å²) in [4.78, 5) is 14.5. The second kappa shape index (κ2) is 7.05. The van der Waals surface area contributed by atoms with Crippen molar-refractivity contribution in [2.75, 3.05) is 31.1 Å². The number of anilines is 1. The van der Waals surface area contributed by atoms with Gasteiger partial charge in [0.2, 0.25) is 0 Å². The number of piperazine rings is 1. The lowest BCUT2D eigenvalue weighted by atomic mass is 10.1. The van der Waals surface area contributed by atoms with Gasteiger partial charge in [-0.2, -0.15) is 0 Å². The van der Waals surface area contributed by atoms with E-state index < -0.39 is 0 Å². The van der Waals surface area contributed by atoms with Gasteiger partial charge < -0.3 is 10.2 Å². The fourth-order valence-electron chi connectivity index (χ4n) is 2.59. The highest BCUT2D eigenvalue weighted by molar-refractivity contribution is 6.06. The molecule has 0 aromatic heterocycles. The smallest absolute Gasteiger partial charge is 0.185 e. The third kappa shape index (κ3) is 3.62. The molecule has 0 aliphatic carbocycles. The summed E-state index contributed by atoms with van der Waals surface area (Å²) < 4.78 is 0. The molecule has 1 aliphatic rings. The van der Waals surface area contributed by atoms with E-state index >= 15 is 0 Å². The van der Waals surface area contributed by atoms with Gasteiger partial charge in [-0.25, -0.2) is 0 Å². The van der Waals surface area contributed by atoms with Crippen molar-refractivity contribution in [3.05, 3.63) is 71.8 Å². The Morgan fingerprint density at radius 1 is 0.955 bits per heavy atom. The summed E-state index contributed by atoms with van der Waals surface area (Å²) in [6.45, 7) is 4.06. The standard InChI is InChI=1S/C19H20N2O/c22-19(11-6-16-4-2-1-3-5-16)17-7-9-18(10-8-17)21-14-12-20-13-15-21/h1-11,20H,12-15H2/b11-6+. The van der Waals surface area contributed by atoms with Crippen LogP contribution < -0.4 is 10.2 Å². The Hall–Kier alpha value is -2.39. The van der Waals surface area contributed by atoms with Gasteiger partial charge in [-0.3, -0.25) is 4.79 Å². The third-order valence-electron chi connectivity index (χ3n) is 3.86. The highest BCUT2D eigenvalue weighted by Gasteiger charge is 2.10. The maximum Gasteiger partial charge on any atom is 0.185 e. The predicted molar refractivity (Wildman–Crippen MR) is 91.3 cm³/mol. The number of ketones is 1. The van der Waals surface area contributed by atoms with Crippen molar-refractivity contribution in [3.8, 4) is 0 Å². The molecular formula is C19H20N2O. The average molecular weight is 292 g/mol. The largest absolute Gasteiger partial charge is 0.369 e. The van der Waals surface area contributed by atoms with Crippen molar-refractivity contribution in [1.82, 2.24) is 5.32 Å². The lowest BCUT2D eigenvalue weighted by Crippen LogP contribution is -2.43. The highest BCUT2D eigenvalue weighted by atomic mass is 16.1. The Morgan fingerprint density at radius 3 is 2.32 bits per heavy atom. The van der Waals surface area contributed by atoms with Gasteiger partial charge >= 0.3 is 0 Å². The minimum Gasteiger partial charge on any atom is -0.369 e. The van der Waals surface area contributed by atoms with Crippen molar-refractivity contribution < 1.29 is 4.79 Å². The highest BCUT2D eigenvalue weighted by Crippen LogP contribution is 2.16. The molecule has 0 atom stereocenters. The van der Waals surface area contributed by atoms with Crippen LogP contribution in [0.2, 0.25) is 0 Å². The Balaban J connectivity index is 1.67. The number of nitrogens with one attached hydrogen (secondary N) is 1. The molecule has 0 saturated carbocycles. The molecule has 1 fully saturated rings. The first kappa shape index (κ1) is 14.5. The molecule has 1 heterocycles. The van der Waals surface area contributed by atoms with Crippen LogP contribution in [-0.4, -0.2) is 32.0 Å². The zero-order valence-corrected chi connectivity index (χ0v) is 12.5. The number of carbonyl (C=O) groups excluding carboxylic acids is 1. The Labute approximate surface area is 131 Å². The SMILES string of the molecule is O=C(/C=C/c1ccccc1)c1ccc(N2CCNCC2)cc1. The van der Waals surface area contributed by atoms with E-state index in [1.807, 2.05) is 60.7 Å². The summed E-state index contributed by atoms with van der Waals surface area (Å²) in [5.41, 5.74) is 2.95. The van der Waals surface area contributed by atoms with E-state index in [1.165, 1.54) is 5.69 Å². The van der Waals surface area contributed by atoms with Gasteiger partial charge in [0.1, 0.15) is 0 Å². The fourth-order valence-corrected chi connectivity index (χ4v) is 2.59. The van der Waals surface area contributed by atoms with Crippen LogP contribution in [-0.2, 0) is 0 Å². The molecule has 0 spiro atoms. The molecule has 3 heteroatoms. The number of benzene rings is 2. The fraction of sp³-hybridized carbons (Fsp3) is 0.211. The van der Waals surface area contributed by atoms with Gasteiger partial charge in [-0.1, -0.05) is 36.4 Å². The van der Waals surface area contributed by atoms with Gasteiger partial charge in [-0.05, 0) is 35.9 Å². The number of rotatable bonds is 4. The molecule has 22 heavy (non-hydrogen) atoms. The maximum atomic E-state index is 12.2. The number of carbonyl (C=O) groups is 1. The van der Waals surface area contributed by atoms with Gasteiger partial charge in [0.15, 0.2) is 5.78 Å². The van der Waals surface area contributed by atoms with Crippen LogP contribution in [0.5, 0.6) is 0 Å². The van der Waals surface area contributed by atoms with E-state index in [0.29, 0.717) is 0 Å². The molecule has 1 aliphatic heterocycles. The number of allylic oxidation sites excluding steroid dienone is 1. The molecule has 1 N–H and O–H groups in total. The predicted octanol–water partition coefficient (Wildman–Crippen LogP) is 2.99. The normalized spacial score (nSPS) is 15.2. The van der Waals surface area contributed by atoms with Gasteiger partial charge in [0.25, 0.3) is 0 Å². The maximum absolute atomic E-state index is 12.2. The lowest BCUT2D eigenvalue weighted by Gasteiger charge is -2.29. The molecule has 0 unspecified atom stereocenters. The topological polar surface area (TPSA) is 32.3 Å². The molecule has 3 rings (SSSR count). The van der Waals surface area contributed by atoms with Crippen LogP contribution in [0.4, 0.5) is 5.69 Å². The van der Waals surface area contributed by atoms with Crippen molar-refractivity contribution >= 4 is 17.5 Å². The Kier molecular flexibility index (Phi) is 4.66. The first-order chi connectivity index (χ1) is 10.8. The van der Waals surface area contributed by atoms with Crippen molar-refractivity contribution in [3.63, 3.8) is 0 Å². The van der Waals surface area contributed by atoms with E-state index in [-0.39, 0.29) is 5.78 Å². The summed E-state index contributed by atoms with van der Waals surface area (Å²) in [5, 5.41) is 3.34. The Morgan fingerprint density at radius 2 is 1.64 bits per heavy atom. The average Bonchev–Trinajstić information content (AvgIpc) is 2.61. The van der Waals surface area contributed by atoms with E-state index in [9.17, 15) is 4.79 Å². The first-order valence-corrected chi connectivity index (χ1v) is 7.66. The van der Waals surface area contributed by atoms with Gasteiger partial charge in [0, 0.05) is 37.4 Å². The number of hydrogen-bond donors (Lipinski definition) is 1. The summed E-state index contributed by atoms with van der Waals surface area (Å²) in [5.74, 6) is 0.0377. The van der Waals surface area contributed by atoms with Crippen molar-refractivity contribution in [2.24, 2.45) is 0 Å². The quantitative estimate of drug-likeness (QED) is 0.694. The molecule has 1 saturated heterocycles. The summed E-state index contributed by atoms with van der Waals surface area (Å²) in [6, 6.07) is 17.8. The Bertz CT molecular complexity index is 641. The van der Waals surface area contributed by atoms with E-state index in [1.54, 1.807) is 6.08 Å². The van der Waals surface area contributed by atoms with Crippen LogP contribution in [0.25, 0.3) is 6.08 Å². The minimum absolute atomic E-state index is 0.0377. The molecule has 0 amide bonds. The second-order valence-corrected chi connectivity index (χ2v) is 5.39. The zero-order chi connectivity index (χ0) is 15.2. The van der Waals surface area contributed by atoms with E-state index in [2.05, 4.69) is 10.2 Å². The van der Waals surface area contributed by atoms with Crippen molar-refractivity contribution in [1.29, 1.82) is 0 Å². The lowest BCUT2D eigenvalue weighted by molar-refractivity contribution is 0.104. The van der Waals surface area contributed by atoms with E-state index in [4.69, 9.17) is 0 Å². The molecule has 0 radical (unpaired) electrons. The van der Waals surface area contributed by atoms with Gasteiger partial charge in [-0.15, -0.1) is 0 Å². The molecule has 0 bridgehead atoms. The molecule has 3 nitrogen and oxygen atoms in total. The molecule has 112 valence electrons. The van der Waals surface area contributed by atoms with Crippen LogP contribution in [0.3, 0.4) is 0 Å². The summed E-state index contributed by atoms with van der Waals surface area (Å²) >= 11 is 0. The molecule has 2 aromatic carbocycles. The molecule has 2 aromatic rings. The van der Waals surface area contributed by atoms with Gasteiger partial charge in [0.05, 0.1) is 0 Å². The van der Waals surface area contributed by atoms with E-state index in [0.717, 1.165) is 37.3 Å². The number of hydrogen-bond acceptors (Lipinski definition) is 3. The molecular weight excluding hydrogens is 272 g/mol. The summed E-state index contributed by atoms with van der Waals surface area (Å²) in [6.07, 6.45) is 3.49. The van der Waals surface area contributed by atoms with Crippen LogP contribution >= 0.6 is 0 Å².